The van der Waals surface area contributed by atoms with Crippen LogP contribution < -0.4 is 5.32 Å². The molecule has 0 aliphatic heterocycles. The molecule has 112 valence electrons. The molecule has 0 aromatic carbocycles. The van der Waals surface area contributed by atoms with E-state index in [1.807, 2.05) is 13.8 Å². The summed E-state index contributed by atoms with van der Waals surface area (Å²) in [6, 6.07) is 0. The summed E-state index contributed by atoms with van der Waals surface area (Å²) in [4.78, 5) is 12.3. The van der Waals surface area contributed by atoms with Gasteiger partial charge in [0, 0.05) is 5.25 Å². The minimum atomic E-state index is -0.522. The predicted molar refractivity (Wildman–Crippen MR) is 81.1 cm³/mol. The van der Waals surface area contributed by atoms with Crippen molar-refractivity contribution in [3.05, 3.63) is 5.51 Å². The van der Waals surface area contributed by atoms with Crippen LogP contribution in [0, 0.1) is 0 Å². The average molecular weight is 315 g/mol. The number of rotatable bonds is 6. The third kappa shape index (κ3) is 3.71. The first kappa shape index (κ1) is 15.7. The van der Waals surface area contributed by atoms with Crippen LogP contribution in [0.25, 0.3) is 0 Å². The Morgan fingerprint density at radius 3 is 3.15 bits per heavy atom. The number of hydrogen-bond acceptors (Lipinski definition) is 7. The Bertz CT molecular complexity index is 423. The molecule has 2 unspecified atom stereocenters. The van der Waals surface area contributed by atoms with Gasteiger partial charge in [0.15, 0.2) is 4.34 Å². The van der Waals surface area contributed by atoms with E-state index in [1.165, 1.54) is 0 Å². The number of carbonyl (C=O) groups excluding carboxylic acids is 1. The van der Waals surface area contributed by atoms with Crippen molar-refractivity contribution in [3.8, 4) is 0 Å². The molecule has 1 aliphatic carbocycles. The Hall–Kier alpha value is -0.660. The van der Waals surface area contributed by atoms with Crippen LogP contribution in [0.4, 0.5) is 0 Å². The molecular weight excluding hydrogens is 294 g/mol. The summed E-state index contributed by atoms with van der Waals surface area (Å²) in [5.74, 6) is -0.107. The van der Waals surface area contributed by atoms with Gasteiger partial charge in [0.2, 0.25) is 0 Å². The summed E-state index contributed by atoms with van der Waals surface area (Å²) in [6.45, 7) is 5.09. The number of ether oxygens (including phenoxy) is 1. The number of nitrogens with zero attached hydrogens (tertiary/aromatic N) is 2. The first-order chi connectivity index (χ1) is 9.70. The van der Waals surface area contributed by atoms with Crippen molar-refractivity contribution in [1.82, 2.24) is 15.5 Å². The van der Waals surface area contributed by atoms with Gasteiger partial charge in [-0.1, -0.05) is 30.0 Å². The van der Waals surface area contributed by atoms with Crippen molar-refractivity contribution in [3.63, 3.8) is 0 Å². The Balaban J connectivity index is 2.06. The molecule has 2 rings (SSSR count). The van der Waals surface area contributed by atoms with Crippen LogP contribution in [0.2, 0.25) is 0 Å². The maximum absolute atomic E-state index is 12.3. The highest BCUT2D eigenvalue weighted by atomic mass is 32.2. The highest BCUT2D eigenvalue weighted by molar-refractivity contribution is 8.01. The summed E-state index contributed by atoms with van der Waals surface area (Å²) >= 11 is 3.28. The van der Waals surface area contributed by atoms with Crippen LogP contribution in [0.3, 0.4) is 0 Å². The Morgan fingerprint density at radius 2 is 2.50 bits per heavy atom. The van der Waals surface area contributed by atoms with Gasteiger partial charge in [-0.25, -0.2) is 0 Å². The van der Waals surface area contributed by atoms with Crippen molar-refractivity contribution in [2.75, 3.05) is 13.2 Å². The summed E-state index contributed by atoms with van der Waals surface area (Å²) in [5.41, 5.74) is 1.22. The van der Waals surface area contributed by atoms with E-state index in [4.69, 9.17) is 4.74 Å². The molecule has 7 heteroatoms. The SMILES string of the molecule is CCNC1(C(=O)OCC)CCCC(Sc2nncs2)C1. The lowest BCUT2D eigenvalue weighted by atomic mass is 9.81. The van der Waals surface area contributed by atoms with E-state index in [2.05, 4.69) is 15.5 Å². The third-order valence-corrected chi connectivity index (χ3v) is 5.57. The zero-order valence-electron chi connectivity index (χ0n) is 11.9. The zero-order chi connectivity index (χ0) is 14.4. The molecule has 1 heterocycles. The van der Waals surface area contributed by atoms with Gasteiger partial charge in [-0.3, -0.25) is 4.79 Å². The van der Waals surface area contributed by atoms with Crippen molar-refractivity contribution in [2.24, 2.45) is 0 Å². The molecule has 0 bridgehead atoms. The fourth-order valence-corrected chi connectivity index (χ4v) is 4.78. The molecule has 1 aliphatic rings. The lowest BCUT2D eigenvalue weighted by Crippen LogP contribution is -2.56. The third-order valence-electron chi connectivity index (χ3n) is 3.49. The molecule has 0 amide bonds. The summed E-state index contributed by atoms with van der Waals surface area (Å²) < 4.78 is 6.26. The van der Waals surface area contributed by atoms with Crippen molar-refractivity contribution < 1.29 is 9.53 Å². The van der Waals surface area contributed by atoms with Crippen LogP contribution in [0.15, 0.2) is 9.85 Å². The lowest BCUT2D eigenvalue weighted by Gasteiger charge is -2.38. The van der Waals surface area contributed by atoms with E-state index in [0.29, 0.717) is 11.9 Å². The summed E-state index contributed by atoms with van der Waals surface area (Å²) in [5, 5.41) is 11.7. The van der Waals surface area contributed by atoms with Crippen LogP contribution in [0.1, 0.15) is 39.5 Å². The van der Waals surface area contributed by atoms with Crippen molar-refractivity contribution >= 4 is 29.1 Å². The molecule has 2 atom stereocenters. The smallest absolute Gasteiger partial charge is 0.326 e. The van der Waals surface area contributed by atoms with Gasteiger partial charge in [-0.2, -0.15) is 0 Å². The Kier molecular flexibility index (Phi) is 5.80. The van der Waals surface area contributed by atoms with E-state index in [1.54, 1.807) is 28.6 Å². The number of likely N-dealkylation sites (N-methyl/N-ethyl adjacent to an activating group) is 1. The van der Waals surface area contributed by atoms with Gasteiger partial charge in [0.25, 0.3) is 0 Å². The van der Waals surface area contributed by atoms with Crippen molar-refractivity contribution in [1.29, 1.82) is 0 Å². The first-order valence-electron chi connectivity index (χ1n) is 7.05. The predicted octanol–water partition coefficient (Wildman–Crippen LogP) is 2.48. The van der Waals surface area contributed by atoms with Crippen LogP contribution in [-0.2, 0) is 9.53 Å². The molecule has 1 aromatic heterocycles. The zero-order valence-corrected chi connectivity index (χ0v) is 13.6. The monoisotopic (exact) mass is 315 g/mol. The second-order valence-corrected chi connectivity index (χ2v) is 7.25. The second kappa shape index (κ2) is 7.38. The molecule has 0 radical (unpaired) electrons. The quantitative estimate of drug-likeness (QED) is 0.814. The largest absolute Gasteiger partial charge is 0.465 e. The number of aromatic nitrogens is 2. The van der Waals surface area contributed by atoms with Gasteiger partial charge >= 0.3 is 5.97 Å². The molecule has 0 spiro atoms. The lowest BCUT2D eigenvalue weighted by molar-refractivity contribution is -0.152. The van der Waals surface area contributed by atoms with Crippen LogP contribution in [0.5, 0.6) is 0 Å². The maximum Gasteiger partial charge on any atom is 0.326 e. The van der Waals surface area contributed by atoms with Crippen molar-refractivity contribution in [2.45, 2.75) is 54.7 Å². The maximum atomic E-state index is 12.3. The van der Waals surface area contributed by atoms with E-state index in [9.17, 15) is 4.79 Å². The molecule has 20 heavy (non-hydrogen) atoms. The number of thioether (sulfide) groups is 1. The van der Waals surface area contributed by atoms with Gasteiger partial charge in [0.05, 0.1) is 6.61 Å². The van der Waals surface area contributed by atoms with Gasteiger partial charge < -0.3 is 10.1 Å². The second-order valence-electron chi connectivity index (χ2n) is 4.87. The molecule has 1 aromatic rings. The number of hydrogen-bond donors (Lipinski definition) is 1. The van der Waals surface area contributed by atoms with E-state index in [-0.39, 0.29) is 5.97 Å². The van der Waals surface area contributed by atoms with Crippen LogP contribution in [-0.4, -0.2) is 40.1 Å². The minimum Gasteiger partial charge on any atom is -0.465 e. The average Bonchev–Trinajstić information content (AvgIpc) is 2.92. The van der Waals surface area contributed by atoms with E-state index in [0.717, 1.165) is 36.6 Å². The Labute approximate surface area is 127 Å². The summed E-state index contributed by atoms with van der Waals surface area (Å²) in [7, 11) is 0. The number of carbonyl (C=O) groups is 1. The van der Waals surface area contributed by atoms with Gasteiger partial charge in [-0.05, 0) is 39.2 Å². The molecule has 0 saturated heterocycles. The van der Waals surface area contributed by atoms with Crippen LogP contribution >= 0.6 is 23.1 Å². The minimum absolute atomic E-state index is 0.107. The normalized spacial score (nSPS) is 26.4. The highest BCUT2D eigenvalue weighted by Gasteiger charge is 2.43. The molecule has 5 nitrogen and oxygen atoms in total. The fraction of sp³-hybridized carbons (Fsp3) is 0.769. The highest BCUT2D eigenvalue weighted by Crippen LogP contribution is 2.39. The Morgan fingerprint density at radius 1 is 1.65 bits per heavy atom. The molecule has 1 saturated carbocycles. The van der Waals surface area contributed by atoms with E-state index < -0.39 is 5.54 Å². The number of nitrogens with one attached hydrogen (secondary N) is 1. The fourth-order valence-electron chi connectivity index (χ4n) is 2.71. The molecule has 1 N–H and O–H groups in total. The molecular formula is C13H21N3O2S2. The topological polar surface area (TPSA) is 64.1 Å². The summed E-state index contributed by atoms with van der Waals surface area (Å²) in [6.07, 6.45) is 3.79. The first-order valence-corrected chi connectivity index (χ1v) is 8.81. The standard InChI is InChI=1S/C13H21N3O2S2/c1-3-14-13(11(17)18-4-2)7-5-6-10(8-13)20-12-16-15-9-19-12/h9-10,14H,3-8H2,1-2H3. The molecule has 1 fully saturated rings. The van der Waals surface area contributed by atoms with Gasteiger partial charge in [0.1, 0.15) is 11.0 Å². The van der Waals surface area contributed by atoms with E-state index >= 15 is 0 Å². The number of esters is 1. The van der Waals surface area contributed by atoms with Gasteiger partial charge in [-0.15, -0.1) is 10.2 Å².